The lowest BCUT2D eigenvalue weighted by Crippen LogP contribution is -2.36. The molecule has 3 unspecified atom stereocenters. The van der Waals surface area contributed by atoms with E-state index in [4.69, 9.17) is 9.84 Å². The first-order valence-electron chi connectivity index (χ1n) is 9.07. The Morgan fingerprint density at radius 1 is 1.31 bits per heavy atom. The van der Waals surface area contributed by atoms with Crippen molar-refractivity contribution in [2.24, 2.45) is 17.8 Å². The number of nitrogens with one attached hydrogen (secondary N) is 1. The van der Waals surface area contributed by atoms with E-state index in [1.165, 1.54) is 11.0 Å². The molecule has 4 rings (SSSR count). The number of nitrogens with zero attached hydrogens (tertiary/aromatic N) is 2. The second kappa shape index (κ2) is 7.36. The number of hydrogen-bond acceptors (Lipinski definition) is 5. The van der Waals surface area contributed by atoms with Gasteiger partial charge in [0, 0.05) is 13.1 Å². The molecule has 0 aromatic heterocycles. The van der Waals surface area contributed by atoms with Gasteiger partial charge in [0.2, 0.25) is 0 Å². The molecule has 1 saturated carbocycles. The summed E-state index contributed by atoms with van der Waals surface area (Å²) in [6.07, 6.45) is -4.18. The van der Waals surface area contributed by atoms with E-state index in [-0.39, 0.29) is 30.8 Å². The average Bonchev–Trinajstić information content (AvgIpc) is 2.97. The smallest absolute Gasteiger partial charge is 0.414 e. The zero-order chi connectivity index (χ0) is 20.9. The fraction of sp³-hybridized carbons (Fsp3) is 0.500. The molecule has 1 aromatic carbocycles. The standard InChI is InChI=1S/C18H18F3N3O4S/c19-12-3-8(24-5-9(28-18(24)27)4-22-16(29)15(20)21)1-2-13(12)23-6-10-11(7-23)14(10)17(25)26/h1-3,9-11,14-15H,4-7H2,(H,22,29)(H,25,26). The van der Waals surface area contributed by atoms with Crippen molar-refractivity contribution in [2.75, 3.05) is 36.0 Å². The Morgan fingerprint density at radius 2 is 2.00 bits per heavy atom. The molecule has 11 heteroatoms. The van der Waals surface area contributed by atoms with Gasteiger partial charge in [-0.3, -0.25) is 9.69 Å². The van der Waals surface area contributed by atoms with Gasteiger partial charge < -0.3 is 20.1 Å². The highest BCUT2D eigenvalue weighted by Crippen LogP contribution is 2.52. The monoisotopic (exact) mass is 429 g/mol. The third-order valence-corrected chi connectivity index (χ3v) is 5.96. The highest BCUT2D eigenvalue weighted by atomic mass is 32.1. The van der Waals surface area contributed by atoms with Gasteiger partial charge in [0.25, 0.3) is 6.43 Å². The van der Waals surface area contributed by atoms with Crippen molar-refractivity contribution in [2.45, 2.75) is 12.5 Å². The number of benzene rings is 1. The van der Waals surface area contributed by atoms with E-state index in [0.29, 0.717) is 24.5 Å². The number of cyclic esters (lactones) is 1. The van der Waals surface area contributed by atoms with Crippen LogP contribution in [0.2, 0.25) is 0 Å². The number of halogens is 3. The number of amides is 1. The van der Waals surface area contributed by atoms with Crippen molar-refractivity contribution in [3.05, 3.63) is 24.0 Å². The van der Waals surface area contributed by atoms with Crippen LogP contribution >= 0.6 is 12.2 Å². The molecule has 3 aliphatic rings. The lowest BCUT2D eigenvalue weighted by molar-refractivity contribution is -0.139. The summed E-state index contributed by atoms with van der Waals surface area (Å²) in [6, 6.07) is 4.35. The van der Waals surface area contributed by atoms with Crippen LogP contribution < -0.4 is 15.1 Å². The van der Waals surface area contributed by atoms with Crippen LogP contribution in [0.1, 0.15) is 0 Å². The highest BCUT2D eigenvalue weighted by Gasteiger charge is 2.60. The third kappa shape index (κ3) is 3.70. The number of thiocarbonyl (C=S) groups is 1. The maximum atomic E-state index is 14.7. The van der Waals surface area contributed by atoms with Crippen molar-refractivity contribution in [1.82, 2.24) is 5.32 Å². The number of hydrogen-bond donors (Lipinski definition) is 2. The summed E-state index contributed by atoms with van der Waals surface area (Å²) < 4.78 is 44.6. The molecule has 1 aliphatic carbocycles. The number of carboxylic acids is 1. The summed E-state index contributed by atoms with van der Waals surface area (Å²) in [5, 5.41) is 11.4. The van der Waals surface area contributed by atoms with Crippen LogP contribution in [0.3, 0.4) is 0 Å². The molecular formula is C18H18F3N3O4S. The van der Waals surface area contributed by atoms with Gasteiger partial charge in [0.1, 0.15) is 16.9 Å². The highest BCUT2D eigenvalue weighted by molar-refractivity contribution is 7.80. The van der Waals surface area contributed by atoms with Crippen molar-refractivity contribution in [1.29, 1.82) is 0 Å². The molecule has 3 atom stereocenters. The summed E-state index contributed by atoms with van der Waals surface area (Å²) in [4.78, 5) is 25.6. The number of piperidine rings is 1. The summed E-state index contributed by atoms with van der Waals surface area (Å²) in [5.74, 6) is -1.57. The second-order valence-corrected chi connectivity index (χ2v) is 7.83. The number of ether oxygens (including phenoxy) is 1. The number of carbonyl (C=O) groups is 2. The molecule has 2 N–H and O–H groups in total. The van der Waals surface area contributed by atoms with Gasteiger partial charge in [-0.25, -0.2) is 18.0 Å². The summed E-state index contributed by atoms with van der Waals surface area (Å²) in [5.41, 5.74) is 0.654. The average molecular weight is 429 g/mol. The minimum Gasteiger partial charge on any atom is -0.481 e. The molecule has 0 bridgehead atoms. The fourth-order valence-electron chi connectivity index (χ4n) is 4.14. The van der Waals surface area contributed by atoms with Crippen LogP contribution in [0.4, 0.5) is 29.3 Å². The number of anilines is 2. The van der Waals surface area contributed by atoms with E-state index in [2.05, 4.69) is 17.5 Å². The quantitative estimate of drug-likeness (QED) is 0.671. The molecule has 0 spiro atoms. The Bertz CT molecular complexity index is 859. The Kier molecular flexibility index (Phi) is 5.01. The molecule has 0 radical (unpaired) electrons. The van der Waals surface area contributed by atoms with E-state index < -0.39 is 35.4 Å². The second-order valence-electron chi connectivity index (χ2n) is 7.39. The van der Waals surface area contributed by atoms with Crippen LogP contribution in [0, 0.1) is 23.6 Å². The number of carbonyl (C=O) groups excluding carboxylic acids is 1. The Balaban J connectivity index is 1.38. The Hall–Kier alpha value is -2.56. The van der Waals surface area contributed by atoms with Crippen LogP contribution in [-0.2, 0) is 9.53 Å². The molecule has 7 nitrogen and oxygen atoms in total. The number of carboxylic acid groups (broad SMARTS) is 1. The molecule has 2 saturated heterocycles. The molecule has 1 aromatic rings. The van der Waals surface area contributed by atoms with Crippen LogP contribution in [0.25, 0.3) is 0 Å². The Morgan fingerprint density at radius 3 is 2.59 bits per heavy atom. The van der Waals surface area contributed by atoms with Gasteiger partial charge in [-0.05, 0) is 30.0 Å². The van der Waals surface area contributed by atoms with E-state index in [1.807, 2.05) is 4.90 Å². The molecule has 156 valence electrons. The lowest BCUT2D eigenvalue weighted by Gasteiger charge is -2.23. The number of aliphatic carboxylic acids is 1. The van der Waals surface area contributed by atoms with Gasteiger partial charge in [0.15, 0.2) is 0 Å². The summed E-state index contributed by atoms with van der Waals surface area (Å²) >= 11 is 4.48. The van der Waals surface area contributed by atoms with Crippen LogP contribution in [-0.4, -0.2) is 60.9 Å². The largest absolute Gasteiger partial charge is 0.481 e. The minimum atomic E-state index is -2.79. The maximum Gasteiger partial charge on any atom is 0.414 e. The van der Waals surface area contributed by atoms with Crippen LogP contribution in [0.5, 0.6) is 0 Å². The zero-order valence-electron chi connectivity index (χ0n) is 15.1. The molecule has 3 fully saturated rings. The van der Waals surface area contributed by atoms with Crippen molar-refractivity contribution in [3.63, 3.8) is 0 Å². The maximum absolute atomic E-state index is 14.7. The van der Waals surface area contributed by atoms with Crippen LogP contribution in [0.15, 0.2) is 18.2 Å². The van der Waals surface area contributed by atoms with Gasteiger partial charge in [-0.2, -0.15) is 0 Å². The van der Waals surface area contributed by atoms with E-state index in [1.54, 1.807) is 12.1 Å². The third-order valence-electron chi connectivity index (χ3n) is 5.64. The fourth-order valence-corrected chi connectivity index (χ4v) is 4.22. The predicted octanol–water partition coefficient (Wildman–Crippen LogP) is 2.10. The summed E-state index contributed by atoms with van der Waals surface area (Å²) in [7, 11) is 0. The first kappa shape index (κ1) is 19.7. The minimum absolute atomic E-state index is 0.0488. The Labute approximate surface area is 169 Å². The SMILES string of the molecule is O=C(O)C1C2CN(c3ccc(N4CC(CNC(=S)C(F)F)OC4=O)cc3F)CC21. The molecule has 2 aliphatic heterocycles. The lowest BCUT2D eigenvalue weighted by atomic mass is 10.2. The molecule has 29 heavy (non-hydrogen) atoms. The van der Waals surface area contributed by atoms with E-state index in [0.717, 1.165) is 0 Å². The van der Waals surface area contributed by atoms with Gasteiger partial charge >= 0.3 is 12.1 Å². The number of fused-ring (bicyclic) bond motifs is 1. The van der Waals surface area contributed by atoms with Gasteiger partial charge in [-0.1, -0.05) is 12.2 Å². The zero-order valence-corrected chi connectivity index (χ0v) is 15.9. The van der Waals surface area contributed by atoms with Crippen molar-refractivity contribution >= 4 is 40.6 Å². The first-order chi connectivity index (χ1) is 13.8. The number of alkyl halides is 2. The molecule has 2 heterocycles. The molecular weight excluding hydrogens is 411 g/mol. The molecule has 1 amide bonds. The van der Waals surface area contributed by atoms with Crippen molar-refractivity contribution in [3.8, 4) is 0 Å². The number of rotatable bonds is 6. The van der Waals surface area contributed by atoms with Gasteiger partial charge in [0.05, 0.1) is 30.4 Å². The topological polar surface area (TPSA) is 82.1 Å². The summed E-state index contributed by atoms with van der Waals surface area (Å²) in [6.45, 7) is 0.987. The normalized spacial score (nSPS) is 27.8. The van der Waals surface area contributed by atoms with E-state index >= 15 is 0 Å². The van der Waals surface area contributed by atoms with Gasteiger partial charge in [-0.15, -0.1) is 0 Å². The van der Waals surface area contributed by atoms with E-state index in [9.17, 15) is 22.8 Å². The first-order valence-corrected chi connectivity index (χ1v) is 9.48. The predicted molar refractivity (Wildman–Crippen MR) is 101 cm³/mol. The van der Waals surface area contributed by atoms with Crippen molar-refractivity contribution < 1.29 is 32.6 Å².